The fourth-order valence-electron chi connectivity index (χ4n) is 2.17. The molecule has 0 unspecified atom stereocenters. The Morgan fingerprint density at radius 3 is 2.48 bits per heavy atom. The van der Waals surface area contributed by atoms with Crippen molar-refractivity contribution >= 4 is 5.97 Å². The molecule has 4 heteroatoms. The monoisotopic (exact) mass is 285 g/mol. The molecule has 4 nitrogen and oxygen atoms in total. The minimum Gasteiger partial charge on any atom is -0.496 e. The molecule has 0 fully saturated rings. The number of carboxylic acids is 1. The third-order valence-corrected chi connectivity index (χ3v) is 3.42. The molecule has 2 aromatic rings. The Bertz CT molecular complexity index is 608. The van der Waals surface area contributed by atoms with Gasteiger partial charge in [0.2, 0.25) is 0 Å². The molecular formula is C17H19NO3. The molecule has 0 aromatic heterocycles. The Hall–Kier alpha value is -2.33. The van der Waals surface area contributed by atoms with Crippen molar-refractivity contribution < 1.29 is 14.6 Å². The molecule has 0 heterocycles. The van der Waals surface area contributed by atoms with Crippen molar-refractivity contribution in [3.05, 3.63) is 65.2 Å². The van der Waals surface area contributed by atoms with Gasteiger partial charge in [-0.05, 0) is 30.7 Å². The van der Waals surface area contributed by atoms with E-state index in [9.17, 15) is 4.79 Å². The zero-order valence-electron chi connectivity index (χ0n) is 12.2. The SMILES string of the molecule is COc1ccccc1[C@H](C)NCc1ccc(C(=O)O)cc1. The van der Waals surface area contributed by atoms with Crippen LogP contribution in [-0.2, 0) is 6.54 Å². The first-order valence-electron chi connectivity index (χ1n) is 6.80. The Labute approximate surface area is 124 Å². The van der Waals surface area contributed by atoms with Gasteiger partial charge in [0, 0.05) is 18.2 Å². The topological polar surface area (TPSA) is 58.6 Å². The number of carboxylic acid groups (broad SMARTS) is 1. The molecule has 2 aromatic carbocycles. The van der Waals surface area contributed by atoms with E-state index >= 15 is 0 Å². The molecule has 0 bridgehead atoms. The van der Waals surface area contributed by atoms with Crippen molar-refractivity contribution in [2.75, 3.05) is 7.11 Å². The third kappa shape index (κ3) is 3.83. The third-order valence-electron chi connectivity index (χ3n) is 3.42. The van der Waals surface area contributed by atoms with Crippen LogP contribution in [0.25, 0.3) is 0 Å². The van der Waals surface area contributed by atoms with E-state index in [0.29, 0.717) is 12.1 Å². The second-order valence-corrected chi connectivity index (χ2v) is 4.85. The maximum Gasteiger partial charge on any atom is 0.335 e. The Balaban J connectivity index is 2.00. The number of methoxy groups -OCH3 is 1. The van der Waals surface area contributed by atoms with E-state index in [1.165, 1.54) is 0 Å². The summed E-state index contributed by atoms with van der Waals surface area (Å²) in [6.45, 7) is 2.74. The van der Waals surface area contributed by atoms with E-state index in [-0.39, 0.29) is 6.04 Å². The Morgan fingerprint density at radius 1 is 1.19 bits per heavy atom. The lowest BCUT2D eigenvalue weighted by Crippen LogP contribution is -2.18. The summed E-state index contributed by atoms with van der Waals surface area (Å²) in [6.07, 6.45) is 0. The van der Waals surface area contributed by atoms with Crippen LogP contribution in [0.4, 0.5) is 0 Å². The highest BCUT2D eigenvalue weighted by atomic mass is 16.5. The van der Waals surface area contributed by atoms with E-state index in [1.54, 1.807) is 19.2 Å². The van der Waals surface area contributed by atoms with Crippen LogP contribution >= 0.6 is 0 Å². The van der Waals surface area contributed by atoms with Gasteiger partial charge in [0.1, 0.15) is 5.75 Å². The van der Waals surface area contributed by atoms with E-state index < -0.39 is 5.97 Å². The first kappa shape index (κ1) is 15.1. The molecule has 0 spiro atoms. The molecule has 0 saturated carbocycles. The number of aromatic carboxylic acids is 1. The van der Waals surface area contributed by atoms with E-state index in [4.69, 9.17) is 9.84 Å². The average molecular weight is 285 g/mol. The summed E-state index contributed by atoms with van der Waals surface area (Å²) in [7, 11) is 1.66. The van der Waals surface area contributed by atoms with Crippen LogP contribution in [0, 0.1) is 0 Å². The van der Waals surface area contributed by atoms with Gasteiger partial charge in [-0.15, -0.1) is 0 Å². The van der Waals surface area contributed by atoms with Gasteiger partial charge in [-0.3, -0.25) is 0 Å². The van der Waals surface area contributed by atoms with Crippen LogP contribution in [0.15, 0.2) is 48.5 Å². The van der Waals surface area contributed by atoms with Crippen molar-refractivity contribution in [2.24, 2.45) is 0 Å². The first-order valence-corrected chi connectivity index (χ1v) is 6.80. The maximum absolute atomic E-state index is 10.8. The van der Waals surface area contributed by atoms with Gasteiger partial charge in [-0.25, -0.2) is 4.79 Å². The van der Waals surface area contributed by atoms with Gasteiger partial charge in [0.25, 0.3) is 0 Å². The van der Waals surface area contributed by atoms with Gasteiger partial charge < -0.3 is 15.2 Å². The summed E-state index contributed by atoms with van der Waals surface area (Å²) in [4.78, 5) is 10.8. The number of benzene rings is 2. The smallest absolute Gasteiger partial charge is 0.335 e. The van der Waals surface area contributed by atoms with Gasteiger partial charge in [-0.1, -0.05) is 30.3 Å². The molecule has 0 aliphatic rings. The minimum absolute atomic E-state index is 0.139. The summed E-state index contributed by atoms with van der Waals surface area (Å²) in [5, 5.41) is 12.3. The summed E-state index contributed by atoms with van der Waals surface area (Å²) < 4.78 is 5.36. The molecule has 21 heavy (non-hydrogen) atoms. The normalized spacial score (nSPS) is 11.9. The number of rotatable bonds is 6. The van der Waals surface area contributed by atoms with Crippen LogP contribution in [-0.4, -0.2) is 18.2 Å². The number of para-hydroxylation sites is 1. The number of hydrogen-bond acceptors (Lipinski definition) is 3. The van der Waals surface area contributed by atoms with E-state index in [1.807, 2.05) is 36.4 Å². The highest BCUT2D eigenvalue weighted by Gasteiger charge is 2.10. The van der Waals surface area contributed by atoms with Crippen LogP contribution in [0.3, 0.4) is 0 Å². The molecule has 0 aliphatic carbocycles. The van der Waals surface area contributed by atoms with Gasteiger partial charge in [0.05, 0.1) is 12.7 Å². The lowest BCUT2D eigenvalue weighted by Gasteiger charge is -2.17. The predicted octanol–water partition coefficient (Wildman–Crippen LogP) is 3.24. The van der Waals surface area contributed by atoms with Crippen molar-refractivity contribution in [3.63, 3.8) is 0 Å². The lowest BCUT2D eigenvalue weighted by molar-refractivity contribution is 0.0697. The summed E-state index contributed by atoms with van der Waals surface area (Å²) in [6, 6.07) is 14.9. The van der Waals surface area contributed by atoms with Crippen LogP contribution in [0.5, 0.6) is 5.75 Å². The summed E-state index contributed by atoms with van der Waals surface area (Å²) >= 11 is 0. The largest absolute Gasteiger partial charge is 0.496 e. The van der Waals surface area contributed by atoms with Crippen molar-refractivity contribution in [1.82, 2.24) is 5.32 Å². The molecule has 1 atom stereocenters. The van der Waals surface area contributed by atoms with Crippen molar-refractivity contribution in [3.8, 4) is 5.75 Å². The van der Waals surface area contributed by atoms with Crippen LogP contribution < -0.4 is 10.1 Å². The molecule has 0 radical (unpaired) electrons. The zero-order valence-corrected chi connectivity index (χ0v) is 12.2. The van der Waals surface area contributed by atoms with Gasteiger partial charge in [0.15, 0.2) is 0 Å². The van der Waals surface area contributed by atoms with Crippen molar-refractivity contribution in [1.29, 1.82) is 0 Å². The van der Waals surface area contributed by atoms with Crippen LogP contribution in [0.1, 0.15) is 34.5 Å². The fourth-order valence-corrected chi connectivity index (χ4v) is 2.17. The molecule has 0 saturated heterocycles. The Morgan fingerprint density at radius 2 is 1.86 bits per heavy atom. The standard InChI is InChI=1S/C17H19NO3/c1-12(15-5-3-4-6-16(15)21-2)18-11-13-7-9-14(10-8-13)17(19)20/h3-10,12,18H,11H2,1-2H3,(H,19,20)/t12-/m0/s1. The molecule has 110 valence electrons. The second kappa shape index (κ2) is 6.90. The average Bonchev–Trinajstić information content (AvgIpc) is 2.52. The van der Waals surface area contributed by atoms with E-state index in [2.05, 4.69) is 12.2 Å². The predicted molar refractivity (Wildman–Crippen MR) is 81.7 cm³/mol. The fraction of sp³-hybridized carbons (Fsp3) is 0.235. The molecule has 0 aliphatic heterocycles. The maximum atomic E-state index is 10.8. The van der Waals surface area contributed by atoms with Crippen LogP contribution in [0.2, 0.25) is 0 Å². The molecular weight excluding hydrogens is 266 g/mol. The summed E-state index contributed by atoms with van der Waals surface area (Å²) in [5.74, 6) is -0.0457. The number of ether oxygens (including phenoxy) is 1. The first-order chi connectivity index (χ1) is 10.1. The number of carbonyl (C=O) groups is 1. The van der Waals surface area contributed by atoms with Gasteiger partial charge in [-0.2, -0.15) is 0 Å². The number of nitrogens with one attached hydrogen (secondary N) is 1. The van der Waals surface area contributed by atoms with Crippen molar-refractivity contribution in [2.45, 2.75) is 19.5 Å². The zero-order chi connectivity index (χ0) is 15.2. The second-order valence-electron chi connectivity index (χ2n) is 4.85. The highest BCUT2D eigenvalue weighted by Crippen LogP contribution is 2.24. The molecule has 2 N–H and O–H groups in total. The molecule has 2 rings (SSSR count). The molecule has 0 amide bonds. The number of hydrogen-bond donors (Lipinski definition) is 2. The summed E-state index contributed by atoms with van der Waals surface area (Å²) in [5.41, 5.74) is 2.44. The van der Waals surface area contributed by atoms with Gasteiger partial charge >= 0.3 is 5.97 Å². The minimum atomic E-state index is -0.906. The van der Waals surface area contributed by atoms with E-state index in [0.717, 1.165) is 16.9 Å². The quantitative estimate of drug-likeness (QED) is 0.855. The lowest BCUT2D eigenvalue weighted by atomic mass is 10.1. The highest BCUT2D eigenvalue weighted by molar-refractivity contribution is 5.87. The Kier molecular flexibility index (Phi) is 4.95.